The van der Waals surface area contributed by atoms with Gasteiger partial charge in [0.25, 0.3) is 0 Å². The highest BCUT2D eigenvalue weighted by atomic mass is 32.1. The van der Waals surface area contributed by atoms with E-state index >= 15 is 0 Å². The van der Waals surface area contributed by atoms with E-state index in [0.29, 0.717) is 5.75 Å². The van der Waals surface area contributed by atoms with Crippen LogP contribution in [0.2, 0.25) is 0 Å². The summed E-state index contributed by atoms with van der Waals surface area (Å²) in [4.78, 5) is 4.62. The molecule has 1 aromatic heterocycles. The lowest BCUT2D eigenvalue weighted by Gasteiger charge is -2.02. The van der Waals surface area contributed by atoms with Gasteiger partial charge in [0, 0.05) is 6.42 Å². The number of phenolic OH excluding ortho intramolecular Hbond substituents is 1. The molecule has 3 heteroatoms. The zero-order valence-electron chi connectivity index (χ0n) is 10.1. The number of rotatable bonds is 2. The van der Waals surface area contributed by atoms with Gasteiger partial charge in [-0.15, -0.1) is 11.3 Å². The second-order valence-corrected chi connectivity index (χ2v) is 5.49. The first kappa shape index (κ1) is 11.2. The summed E-state index contributed by atoms with van der Waals surface area (Å²) in [6.07, 6.45) is 0.820. The molecule has 0 aliphatic rings. The molecule has 3 aromatic rings. The molecule has 2 aromatic carbocycles. The fourth-order valence-electron chi connectivity index (χ4n) is 2.00. The molecule has 0 aliphatic carbocycles. The largest absolute Gasteiger partial charge is 0.508 e. The Morgan fingerprint density at radius 3 is 2.78 bits per heavy atom. The monoisotopic (exact) mass is 255 g/mol. The third kappa shape index (κ3) is 2.09. The summed E-state index contributed by atoms with van der Waals surface area (Å²) in [5.41, 5.74) is 3.16. The maximum Gasteiger partial charge on any atom is 0.118 e. The Morgan fingerprint density at radius 2 is 2.00 bits per heavy atom. The van der Waals surface area contributed by atoms with Crippen LogP contribution in [0.25, 0.3) is 10.2 Å². The molecule has 2 nitrogen and oxygen atoms in total. The molecule has 0 fully saturated rings. The van der Waals surface area contributed by atoms with Crippen molar-refractivity contribution in [3.05, 3.63) is 58.6 Å². The summed E-state index contributed by atoms with van der Waals surface area (Å²) in [6.45, 7) is 1.91. The maximum absolute atomic E-state index is 9.51. The molecular formula is C15H13NOS. The molecule has 3 rings (SSSR count). The van der Waals surface area contributed by atoms with Crippen molar-refractivity contribution in [2.45, 2.75) is 13.3 Å². The van der Waals surface area contributed by atoms with Crippen molar-refractivity contribution in [2.24, 2.45) is 0 Å². The number of aromatic hydroxyl groups is 1. The number of thiazole rings is 1. The molecule has 0 atom stereocenters. The van der Waals surface area contributed by atoms with Gasteiger partial charge < -0.3 is 5.11 Å². The Morgan fingerprint density at radius 1 is 1.17 bits per heavy atom. The van der Waals surface area contributed by atoms with Gasteiger partial charge >= 0.3 is 0 Å². The average Bonchev–Trinajstić information content (AvgIpc) is 2.76. The third-order valence-electron chi connectivity index (χ3n) is 2.95. The number of fused-ring (bicyclic) bond motifs is 1. The van der Waals surface area contributed by atoms with E-state index in [2.05, 4.69) is 11.1 Å². The number of phenols is 1. The Hall–Kier alpha value is -1.87. The molecule has 0 bridgehead atoms. The molecule has 90 valence electrons. The predicted molar refractivity (Wildman–Crippen MR) is 75.3 cm³/mol. The summed E-state index contributed by atoms with van der Waals surface area (Å²) in [6, 6.07) is 13.9. The van der Waals surface area contributed by atoms with E-state index in [-0.39, 0.29) is 0 Å². The fraction of sp³-hybridized carbons (Fsp3) is 0.133. The lowest BCUT2D eigenvalue weighted by molar-refractivity contribution is 0.471. The van der Waals surface area contributed by atoms with Gasteiger partial charge in [-0.05, 0) is 36.2 Å². The molecule has 0 spiro atoms. The minimum Gasteiger partial charge on any atom is -0.508 e. The summed E-state index contributed by atoms with van der Waals surface area (Å²) in [5.74, 6) is 0.350. The van der Waals surface area contributed by atoms with Crippen LogP contribution in [0.4, 0.5) is 0 Å². The Balaban J connectivity index is 1.93. The number of nitrogens with zero attached hydrogens (tertiary/aromatic N) is 1. The number of benzene rings is 2. The highest BCUT2D eigenvalue weighted by Crippen LogP contribution is 2.25. The second-order valence-electron chi connectivity index (χ2n) is 4.37. The molecule has 18 heavy (non-hydrogen) atoms. The molecule has 0 aliphatic heterocycles. The minimum atomic E-state index is 0.350. The second kappa shape index (κ2) is 4.42. The van der Waals surface area contributed by atoms with E-state index < -0.39 is 0 Å². The summed E-state index contributed by atoms with van der Waals surface area (Å²) < 4.78 is 1.23. The van der Waals surface area contributed by atoms with Crippen molar-refractivity contribution in [3.63, 3.8) is 0 Å². The van der Waals surface area contributed by atoms with Gasteiger partial charge in [0.2, 0.25) is 0 Å². The first-order valence-electron chi connectivity index (χ1n) is 5.85. The number of hydrogen-bond acceptors (Lipinski definition) is 3. The van der Waals surface area contributed by atoms with Crippen LogP contribution < -0.4 is 0 Å². The third-order valence-corrected chi connectivity index (χ3v) is 3.99. The van der Waals surface area contributed by atoms with E-state index in [4.69, 9.17) is 0 Å². The topological polar surface area (TPSA) is 33.1 Å². The number of aromatic nitrogens is 1. The van der Waals surface area contributed by atoms with Crippen molar-refractivity contribution < 1.29 is 5.11 Å². The quantitative estimate of drug-likeness (QED) is 0.753. The SMILES string of the molecule is Cc1cc(Cc2nc3ccccc3s2)ccc1O. The Kier molecular flexibility index (Phi) is 2.76. The highest BCUT2D eigenvalue weighted by molar-refractivity contribution is 7.18. The van der Waals surface area contributed by atoms with Crippen molar-refractivity contribution in [1.29, 1.82) is 0 Å². The predicted octanol–water partition coefficient (Wildman–Crippen LogP) is 3.90. The smallest absolute Gasteiger partial charge is 0.118 e. The lowest BCUT2D eigenvalue weighted by atomic mass is 10.1. The van der Waals surface area contributed by atoms with Crippen molar-refractivity contribution in [3.8, 4) is 5.75 Å². The molecule has 0 amide bonds. The summed E-state index contributed by atoms with van der Waals surface area (Å²) in [7, 11) is 0. The fourth-order valence-corrected chi connectivity index (χ4v) is 3.00. The van der Waals surface area contributed by atoms with E-state index in [1.807, 2.05) is 37.3 Å². The molecular weight excluding hydrogens is 242 g/mol. The van der Waals surface area contributed by atoms with Crippen molar-refractivity contribution in [1.82, 2.24) is 4.98 Å². The van der Waals surface area contributed by atoms with E-state index in [1.54, 1.807) is 17.4 Å². The first-order chi connectivity index (χ1) is 8.72. The van der Waals surface area contributed by atoms with Crippen molar-refractivity contribution >= 4 is 21.6 Å². The van der Waals surface area contributed by atoms with Gasteiger partial charge in [-0.25, -0.2) is 4.98 Å². The average molecular weight is 255 g/mol. The Bertz CT molecular complexity index is 670. The van der Waals surface area contributed by atoms with Gasteiger partial charge in [0.05, 0.1) is 15.2 Å². The number of aryl methyl sites for hydroxylation is 1. The van der Waals surface area contributed by atoms with Gasteiger partial charge in [-0.3, -0.25) is 0 Å². The number of hydrogen-bond donors (Lipinski definition) is 1. The van der Waals surface area contributed by atoms with Crippen LogP contribution >= 0.6 is 11.3 Å². The van der Waals surface area contributed by atoms with Crippen LogP contribution in [0.1, 0.15) is 16.1 Å². The normalized spacial score (nSPS) is 10.9. The van der Waals surface area contributed by atoms with E-state index in [1.165, 1.54) is 10.3 Å². The van der Waals surface area contributed by atoms with Crippen LogP contribution in [0, 0.1) is 6.92 Å². The minimum absolute atomic E-state index is 0.350. The Labute approximate surface area is 110 Å². The van der Waals surface area contributed by atoms with E-state index in [9.17, 15) is 5.11 Å². The first-order valence-corrected chi connectivity index (χ1v) is 6.67. The zero-order chi connectivity index (χ0) is 12.5. The molecule has 0 unspecified atom stereocenters. The zero-order valence-corrected chi connectivity index (χ0v) is 10.9. The highest BCUT2D eigenvalue weighted by Gasteiger charge is 2.05. The van der Waals surface area contributed by atoms with Crippen LogP contribution in [-0.2, 0) is 6.42 Å². The molecule has 0 radical (unpaired) electrons. The van der Waals surface area contributed by atoms with E-state index in [0.717, 1.165) is 22.5 Å². The standard InChI is InChI=1S/C15H13NOS/c1-10-8-11(6-7-13(10)17)9-15-16-12-4-2-3-5-14(12)18-15/h2-8,17H,9H2,1H3. The van der Waals surface area contributed by atoms with Gasteiger partial charge in [0.15, 0.2) is 0 Å². The van der Waals surface area contributed by atoms with Gasteiger partial charge in [0.1, 0.15) is 5.75 Å². The number of para-hydroxylation sites is 1. The maximum atomic E-state index is 9.51. The van der Waals surface area contributed by atoms with Crippen LogP contribution in [0.15, 0.2) is 42.5 Å². The van der Waals surface area contributed by atoms with Crippen LogP contribution in [0.5, 0.6) is 5.75 Å². The lowest BCUT2D eigenvalue weighted by Crippen LogP contribution is -1.88. The molecule has 1 heterocycles. The van der Waals surface area contributed by atoms with Crippen LogP contribution in [0.3, 0.4) is 0 Å². The van der Waals surface area contributed by atoms with Crippen LogP contribution in [-0.4, -0.2) is 10.1 Å². The molecule has 0 saturated heterocycles. The van der Waals surface area contributed by atoms with Gasteiger partial charge in [-0.2, -0.15) is 0 Å². The van der Waals surface area contributed by atoms with Crippen molar-refractivity contribution in [2.75, 3.05) is 0 Å². The summed E-state index contributed by atoms with van der Waals surface area (Å²) >= 11 is 1.73. The molecule has 1 N–H and O–H groups in total. The van der Waals surface area contributed by atoms with Gasteiger partial charge in [-0.1, -0.05) is 24.3 Å². The summed E-state index contributed by atoms with van der Waals surface area (Å²) in [5, 5.41) is 10.6. The molecule has 0 saturated carbocycles.